The molecule has 1 rings (SSSR count). The van der Waals surface area contributed by atoms with E-state index in [0.29, 0.717) is 6.61 Å². The maximum Gasteiger partial charge on any atom is 0.316 e. The summed E-state index contributed by atoms with van der Waals surface area (Å²) in [5.74, 6) is -0.119. The van der Waals surface area contributed by atoms with Crippen LogP contribution in [0.4, 0.5) is 0 Å². The molecule has 0 bridgehead atoms. The largest absolute Gasteiger partial charge is 0.465 e. The Hall–Kier alpha value is -0.830. The van der Waals surface area contributed by atoms with Gasteiger partial charge in [0.05, 0.1) is 12.5 Å². The molecule has 0 amide bonds. The molecule has 0 N–H and O–H groups in total. The van der Waals surface area contributed by atoms with Gasteiger partial charge in [0.1, 0.15) is 0 Å². The molecule has 0 saturated heterocycles. The number of ether oxygens (including phenoxy) is 2. The first-order valence-electron chi connectivity index (χ1n) is 4.65. The summed E-state index contributed by atoms with van der Waals surface area (Å²) in [6.07, 6.45) is 3.91. The van der Waals surface area contributed by atoms with E-state index in [-0.39, 0.29) is 11.9 Å². The van der Waals surface area contributed by atoms with Gasteiger partial charge < -0.3 is 9.47 Å². The Labute approximate surface area is 78.7 Å². The van der Waals surface area contributed by atoms with E-state index in [9.17, 15) is 4.79 Å². The number of carbonyl (C=O) groups excluding carboxylic acids is 1. The van der Waals surface area contributed by atoms with Gasteiger partial charge in [-0.05, 0) is 19.8 Å². The second-order valence-electron chi connectivity index (χ2n) is 3.07. The molecule has 0 heterocycles. The fourth-order valence-corrected chi connectivity index (χ4v) is 1.28. The molecule has 1 aliphatic rings. The molecule has 3 heteroatoms. The summed E-state index contributed by atoms with van der Waals surface area (Å²) < 4.78 is 9.80. The van der Waals surface area contributed by atoms with Gasteiger partial charge in [-0.25, -0.2) is 0 Å². The fraction of sp³-hybridized carbons (Fsp3) is 0.700. The van der Waals surface area contributed by atoms with Crippen molar-refractivity contribution in [1.82, 2.24) is 0 Å². The summed E-state index contributed by atoms with van der Waals surface area (Å²) in [5, 5.41) is 0. The molecule has 0 radical (unpaired) electrons. The van der Waals surface area contributed by atoms with Crippen molar-refractivity contribution < 1.29 is 14.3 Å². The second-order valence-corrected chi connectivity index (χ2v) is 3.07. The fourth-order valence-electron chi connectivity index (χ4n) is 1.28. The first kappa shape index (κ1) is 10.3. The molecule has 0 aromatic rings. The molecule has 1 unspecified atom stereocenters. The average molecular weight is 184 g/mol. The zero-order valence-electron chi connectivity index (χ0n) is 8.21. The Bertz CT molecular complexity index is 208. The summed E-state index contributed by atoms with van der Waals surface area (Å²) in [5.41, 5.74) is 1.20. The Morgan fingerprint density at radius 2 is 2.38 bits per heavy atom. The first-order chi connectivity index (χ1) is 6.29. The van der Waals surface area contributed by atoms with E-state index in [1.54, 1.807) is 7.11 Å². The molecular formula is C10H16O3. The summed E-state index contributed by atoms with van der Waals surface area (Å²) in [6.45, 7) is 3.05. The van der Waals surface area contributed by atoms with E-state index < -0.39 is 0 Å². The lowest BCUT2D eigenvalue weighted by Gasteiger charge is -2.00. The molecule has 13 heavy (non-hydrogen) atoms. The van der Waals surface area contributed by atoms with E-state index in [2.05, 4.69) is 0 Å². The molecular weight excluding hydrogens is 168 g/mol. The molecule has 0 aromatic carbocycles. The second kappa shape index (κ2) is 5.02. The highest BCUT2D eigenvalue weighted by Crippen LogP contribution is 2.33. The minimum Gasteiger partial charge on any atom is -0.465 e. The Morgan fingerprint density at radius 1 is 1.62 bits per heavy atom. The van der Waals surface area contributed by atoms with Crippen molar-refractivity contribution in [2.75, 3.05) is 20.3 Å². The van der Waals surface area contributed by atoms with E-state index >= 15 is 0 Å². The molecule has 1 atom stereocenters. The highest BCUT2D eigenvalue weighted by Gasteiger charge is 2.32. The van der Waals surface area contributed by atoms with Crippen molar-refractivity contribution in [1.29, 1.82) is 0 Å². The molecule has 74 valence electrons. The third kappa shape index (κ3) is 3.19. The molecule has 1 aliphatic carbocycles. The lowest BCUT2D eigenvalue weighted by molar-refractivity contribution is -0.144. The van der Waals surface area contributed by atoms with Gasteiger partial charge in [-0.15, -0.1) is 0 Å². The minimum atomic E-state index is -0.102. The van der Waals surface area contributed by atoms with Crippen LogP contribution in [0.1, 0.15) is 19.8 Å². The lowest BCUT2D eigenvalue weighted by Crippen LogP contribution is -2.08. The van der Waals surface area contributed by atoms with E-state index in [1.807, 2.05) is 13.0 Å². The molecule has 0 spiro atoms. The van der Waals surface area contributed by atoms with Gasteiger partial charge in [-0.1, -0.05) is 11.6 Å². The maximum absolute atomic E-state index is 11.1. The zero-order valence-corrected chi connectivity index (χ0v) is 8.21. The van der Waals surface area contributed by atoms with Crippen molar-refractivity contribution in [3.63, 3.8) is 0 Å². The van der Waals surface area contributed by atoms with Crippen molar-refractivity contribution >= 4 is 5.97 Å². The smallest absolute Gasteiger partial charge is 0.316 e. The Kier molecular flexibility index (Phi) is 3.96. The summed E-state index contributed by atoms with van der Waals surface area (Å²) in [6, 6.07) is 0. The van der Waals surface area contributed by atoms with E-state index in [4.69, 9.17) is 9.47 Å². The van der Waals surface area contributed by atoms with Gasteiger partial charge in [-0.2, -0.15) is 0 Å². The van der Waals surface area contributed by atoms with Crippen LogP contribution < -0.4 is 0 Å². The van der Waals surface area contributed by atoms with Crippen LogP contribution in [0.2, 0.25) is 0 Å². The number of carbonyl (C=O) groups is 1. The molecule has 0 fully saturated rings. The van der Waals surface area contributed by atoms with Gasteiger partial charge >= 0.3 is 5.97 Å². The predicted octanol–water partition coefficient (Wildman–Crippen LogP) is 1.53. The summed E-state index contributed by atoms with van der Waals surface area (Å²) >= 11 is 0. The van der Waals surface area contributed by atoms with Crippen LogP contribution in [0.15, 0.2) is 11.6 Å². The van der Waals surface area contributed by atoms with Crippen LogP contribution in [0, 0.1) is 5.92 Å². The number of rotatable bonds is 6. The average Bonchev–Trinajstić information content (AvgIpc) is 2.85. The van der Waals surface area contributed by atoms with Crippen LogP contribution in [0.25, 0.3) is 0 Å². The van der Waals surface area contributed by atoms with Crippen molar-refractivity contribution in [2.45, 2.75) is 19.8 Å². The lowest BCUT2D eigenvalue weighted by atomic mass is 10.2. The highest BCUT2D eigenvalue weighted by molar-refractivity contribution is 5.83. The SMILES string of the molecule is CCOC(=O)C1C=C1CCCOC. The third-order valence-corrected chi connectivity index (χ3v) is 2.03. The number of methoxy groups -OCH3 is 1. The normalized spacial score (nSPS) is 19.5. The van der Waals surface area contributed by atoms with Crippen LogP contribution >= 0.6 is 0 Å². The van der Waals surface area contributed by atoms with Crippen molar-refractivity contribution in [3.05, 3.63) is 11.6 Å². The van der Waals surface area contributed by atoms with Crippen LogP contribution in [-0.4, -0.2) is 26.3 Å². The molecule has 3 nitrogen and oxygen atoms in total. The van der Waals surface area contributed by atoms with E-state index in [0.717, 1.165) is 19.4 Å². The Morgan fingerprint density at radius 3 is 3.00 bits per heavy atom. The summed E-state index contributed by atoms with van der Waals surface area (Å²) in [4.78, 5) is 11.1. The first-order valence-corrected chi connectivity index (χ1v) is 4.65. The quantitative estimate of drug-likeness (QED) is 0.357. The number of hydrogen-bond donors (Lipinski definition) is 0. The standard InChI is InChI=1S/C10H16O3/c1-3-13-10(11)9-7-8(9)5-4-6-12-2/h7,9H,3-6H2,1-2H3. The topological polar surface area (TPSA) is 35.5 Å². The van der Waals surface area contributed by atoms with Crippen LogP contribution in [0.3, 0.4) is 0 Å². The summed E-state index contributed by atoms with van der Waals surface area (Å²) in [7, 11) is 1.68. The number of hydrogen-bond acceptors (Lipinski definition) is 3. The minimum absolute atomic E-state index is 0.0168. The molecule has 0 aliphatic heterocycles. The van der Waals surface area contributed by atoms with Gasteiger partial charge in [0.15, 0.2) is 0 Å². The van der Waals surface area contributed by atoms with E-state index in [1.165, 1.54) is 5.57 Å². The zero-order chi connectivity index (χ0) is 9.68. The van der Waals surface area contributed by atoms with Crippen molar-refractivity contribution in [2.24, 2.45) is 5.92 Å². The van der Waals surface area contributed by atoms with Crippen molar-refractivity contribution in [3.8, 4) is 0 Å². The Balaban J connectivity index is 2.07. The van der Waals surface area contributed by atoms with Gasteiger partial charge in [0.2, 0.25) is 0 Å². The number of esters is 1. The van der Waals surface area contributed by atoms with Gasteiger partial charge in [0, 0.05) is 13.7 Å². The molecule has 0 aromatic heterocycles. The maximum atomic E-state index is 11.1. The molecule has 0 saturated carbocycles. The van der Waals surface area contributed by atoms with Gasteiger partial charge in [0.25, 0.3) is 0 Å². The monoisotopic (exact) mass is 184 g/mol. The van der Waals surface area contributed by atoms with Crippen LogP contribution in [0.5, 0.6) is 0 Å². The van der Waals surface area contributed by atoms with Gasteiger partial charge in [-0.3, -0.25) is 4.79 Å². The predicted molar refractivity (Wildman–Crippen MR) is 49.3 cm³/mol. The third-order valence-electron chi connectivity index (χ3n) is 2.03. The van der Waals surface area contributed by atoms with Crippen LogP contribution in [-0.2, 0) is 14.3 Å². The highest BCUT2D eigenvalue weighted by atomic mass is 16.5.